The van der Waals surface area contributed by atoms with E-state index in [-0.39, 0.29) is 6.42 Å². The zero-order valence-electron chi connectivity index (χ0n) is 20.0. The van der Waals surface area contributed by atoms with Crippen molar-refractivity contribution in [2.24, 2.45) is 4.99 Å². The molecule has 12 heteroatoms. The van der Waals surface area contributed by atoms with E-state index in [1.54, 1.807) is 56.3 Å². The smallest absolute Gasteiger partial charge is 0.460 e. The molecule has 0 radical (unpaired) electrons. The number of hydrogen-bond acceptors (Lipinski definition) is 2. The number of benzene rings is 2. The van der Waals surface area contributed by atoms with Crippen molar-refractivity contribution in [1.82, 2.24) is 0 Å². The minimum atomic E-state index is -6.91. The third-order valence-corrected chi connectivity index (χ3v) is 6.37. The molecule has 37 heavy (non-hydrogen) atoms. The van der Waals surface area contributed by atoms with Gasteiger partial charge in [0, 0.05) is 17.8 Å². The molecule has 0 amide bonds. The highest BCUT2D eigenvalue weighted by atomic mass is 19.4. The number of fused-ring (bicyclic) bond motifs is 1. The second-order valence-electron chi connectivity index (χ2n) is 9.06. The molecule has 0 saturated heterocycles. The second kappa shape index (κ2) is 9.68. The van der Waals surface area contributed by atoms with Crippen molar-refractivity contribution in [2.75, 3.05) is 13.7 Å². The summed E-state index contributed by atoms with van der Waals surface area (Å²) in [5, 5.41) is 0. The van der Waals surface area contributed by atoms with Crippen molar-refractivity contribution < 1.29 is 48.8 Å². The summed E-state index contributed by atoms with van der Waals surface area (Å²) in [5.41, 5.74) is 1.20. The van der Waals surface area contributed by atoms with Crippen molar-refractivity contribution >= 4 is 23.3 Å². The van der Waals surface area contributed by atoms with E-state index in [9.17, 15) is 39.5 Å². The van der Waals surface area contributed by atoms with Crippen molar-refractivity contribution in [3.63, 3.8) is 0 Å². The lowest BCUT2D eigenvalue weighted by Gasteiger charge is -2.33. The van der Waals surface area contributed by atoms with E-state index in [2.05, 4.69) is 4.99 Å². The van der Waals surface area contributed by atoms with E-state index in [4.69, 9.17) is 4.74 Å². The monoisotopic (exact) mass is 539 g/mol. The Bertz CT molecular complexity index is 1180. The molecule has 1 aliphatic rings. The number of alkyl halides is 9. The van der Waals surface area contributed by atoms with Gasteiger partial charge < -0.3 is 4.74 Å². The molecule has 202 valence electrons. The first kappa shape index (κ1) is 28.5. The van der Waals surface area contributed by atoms with E-state index < -0.39 is 42.3 Å². The molecule has 0 fully saturated rings. The van der Waals surface area contributed by atoms with Crippen LogP contribution in [-0.4, -0.2) is 54.1 Å². The fourth-order valence-electron chi connectivity index (χ4n) is 4.22. The summed E-state index contributed by atoms with van der Waals surface area (Å²) in [6.45, 7) is 2.59. The van der Waals surface area contributed by atoms with Crippen LogP contribution >= 0.6 is 0 Å². The summed E-state index contributed by atoms with van der Waals surface area (Å²) >= 11 is 0. The summed E-state index contributed by atoms with van der Waals surface area (Å²) < 4.78 is 127. The minimum absolute atomic E-state index is 0.0639. The molecule has 1 heterocycles. The maximum Gasteiger partial charge on any atom is 0.460 e. The molecule has 0 saturated carbocycles. The lowest BCUT2D eigenvalue weighted by molar-refractivity contribution is -0.455. The number of methoxy groups -OCH3 is 1. The SMILES string of the molecule is COc1ccc(N=CCC2=[N+](CCC(F)(F)C(F)(F)C(F)(F)C(F)(F)F)c3ccccc3C2(C)C)cc1. The Balaban J connectivity index is 1.94. The molecule has 0 spiro atoms. The van der Waals surface area contributed by atoms with Gasteiger partial charge in [-0.25, -0.2) is 0 Å². The van der Waals surface area contributed by atoms with Crippen molar-refractivity contribution in [2.45, 2.75) is 56.0 Å². The van der Waals surface area contributed by atoms with Crippen LogP contribution in [0.5, 0.6) is 5.75 Å². The van der Waals surface area contributed by atoms with Crippen LogP contribution in [0.25, 0.3) is 0 Å². The molecule has 0 aliphatic carbocycles. The zero-order chi connectivity index (χ0) is 27.9. The fourth-order valence-corrected chi connectivity index (χ4v) is 4.22. The van der Waals surface area contributed by atoms with Crippen LogP contribution < -0.4 is 4.74 Å². The average Bonchev–Trinajstić information content (AvgIpc) is 3.03. The van der Waals surface area contributed by atoms with E-state index in [1.165, 1.54) is 24.0 Å². The molecule has 0 N–H and O–H groups in total. The predicted molar refractivity (Wildman–Crippen MR) is 121 cm³/mol. The number of nitrogens with zero attached hydrogens (tertiary/aromatic N) is 2. The number of hydrogen-bond donors (Lipinski definition) is 0. The van der Waals surface area contributed by atoms with E-state index >= 15 is 0 Å². The van der Waals surface area contributed by atoms with Gasteiger partial charge in [0.15, 0.2) is 12.3 Å². The van der Waals surface area contributed by atoms with Crippen LogP contribution in [-0.2, 0) is 5.41 Å². The highest BCUT2D eigenvalue weighted by Gasteiger charge is 2.81. The Kier molecular flexibility index (Phi) is 7.46. The fraction of sp³-hybridized carbons (Fsp3) is 0.440. The van der Waals surface area contributed by atoms with Gasteiger partial charge in [0.25, 0.3) is 0 Å². The van der Waals surface area contributed by atoms with Crippen LogP contribution in [0.1, 0.15) is 32.3 Å². The third-order valence-electron chi connectivity index (χ3n) is 6.37. The largest absolute Gasteiger partial charge is 0.497 e. The van der Waals surface area contributed by atoms with Crippen molar-refractivity contribution in [3.8, 4) is 5.75 Å². The third kappa shape index (κ3) is 5.06. The number of para-hydroxylation sites is 1. The standard InChI is InChI=1S/C25H24F9N2O/c1-21(2)18-6-4-5-7-19(18)36(20(21)12-14-35-16-8-10-17(37-3)11-9-16)15-13-22(26,27)23(28,29)24(30,31)25(32,33)34/h4-11,14H,12-13,15H2,1-3H3/q+1. The highest BCUT2D eigenvalue weighted by molar-refractivity contribution is 6.02. The van der Waals surface area contributed by atoms with Gasteiger partial charge in [-0.3, -0.25) is 4.99 Å². The minimum Gasteiger partial charge on any atom is -0.497 e. The Morgan fingerprint density at radius 1 is 0.865 bits per heavy atom. The van der Waals surface area contributed by atoms with Crippen LogP contribution in [0.3, 0.4) is 0 Å². The molecular formula is C25H24F9N2O+. The van der Waals surface area contributed by atoms with E-state index in [1.807, 2.05) is 0 Å². The molecule has 0 atom stereocenters. The Hall–Kier alpha value is -3.05. The first-order chi connectivity index (χ1) is 17.0. The summed E-state index contributed by atoms with van der Waals surface area (Å²) in [5.74, 6) is -18.6. The van der Waals surface area contributed by atoms with Crippen LogP contribution in [0.4, 0.5) is 50.9 Å². The summed E-state index contributed by atoms with van der Waals surface area (Å²) in [6.07, 6.45) is -7.26. The Morgan fingerprint density at radius 3 is 2.03 bits per heavy atom. The maximum atomic E-state index is 14.3. The number of halogens is 9. The van der Waals surface area contributed by atoms with E-state index in [0.717, 1.165) is 0 Å². The number of rotatable bonds is 9. The maximum absolute atomic E-state index is 14.3. The first-order valence-electron chi connectivity index (χ1n) is 11.1. The number of aliphatic imine (C=N–C) groups is 1. The van der Waals surface area contributed by atoms with Gasteiger partial charge in [0.2, 0.25) is 5.69 Å². The lowest BCUT2D eigenvalue weighted by Crippen LogP contribution is -2.61. The second-order valence-corrected chi connectivity index (χ2v) is 9.06. The summed E-state index contributed by atoms with van der Waals surface area (Å²) in [7, 11) is 1.49. The normalized spacial score (nSPS) is 16.4. The summed E-state index contributed by atoms with van der Waals surface area (Å²) in [4.78, 5) is 4.30. The van der Waals surface area contributed by atoms with Gasteiger partial charge >= 0.3 is 23.9 Å². The summed E-state index contributed by atoms with van der Waals surface area (Å²) in [6, 6.07) is 13.1. The van der Waals surface area contributed by atoms with Crippen molar-refractivity contribution in [3.05, 3.63) is 54.1 Å². The molecule has 3 nitrogen and oxygen atoms in total. The highest BCUT2D eigenvalue weighted by Crippen LogP contribution is 2.54. The molecule has 0 bridgehead atoms. The Morgan fingerprint density at radius 2 is 1.46 bits per heavy atom. The topological polar surface area (TPSA) is 24.6 Å². The molecule has 2 aromatic carbocycles. The first-order valence-corrected chi connectivity index (χ1v) is 11.1. The van der Waals surface area contributed by atoms with Gasteiger partial charge in [0.1, 0.15) is 5.75 Å². The molecule has 1 aliphatic heterocycles. The van der Waals surface area contributed by atoms with Crippen LogP contribution in [0.2, 0.25) is 0 Å². The van der Waals surface area contributed by atoms with Crippen molar-refractivity contribution in [1.29, 1.82) is 0 Å². The van der Waals surface area contributed by atoms with Crippen LogP contribution in [0.15, 0.2) is 53.5 Å². The zero-order valence-corrected chi connectivity index (χ0v) is 20.0. The lowest BCUT2D eigenvalue weighted by atomic mass is 9.80. The van der Waals surface area contributed by atoms with E-state index in [0.29, 0.717) is 28.4 Å². The van der Waals surface area contributed by atoms with Gasteiger partial charge in [-0.15, -0.1) is 0 Å². The molecule has 2 aromatic rings. The van der Waals surface area contributed by atoms with Crippen LogP contribution in [0, 0.1) is 0 Å². The molecule has 0 aromatic heterocycles. The van der Waals surface area contributed by atoms with Gasteiger partial charge in [-0.05, 0) is 38.1 Å². The average molecular weight is 539 g/mol. The number of ether oxygens (including phenoxy) is 1. The molecule has 3 rings (SSSR count). The van der Waals surface area contributed by atoms with Gasteiger partial charge in [-0.2, -0.15) is 44.1 Å². The predicted octanol–water partition coefficient (Wildman–Crippen LogP) is 7.72. The Labute approximate surface area is 207 Å². The molecule has 0 unspecified atom stereocenters. The quantitative estimate of drug-likeness (QED) is 0.182. The molecular weight excluding hydrogens is 515 g/mol. The van der Waals surface area contributed by atoms with Gasteiger partial charge in [-0.1, -0.05) is 18.2 Å². The van der Waals surface area contributed by atoms with Gasteiger partial charge in [0.05, 0.1) is 31.1 Å².